The maximum absolute atomic E-state index is 12.1. The number of carbonyl (C=O) groups is 1. The lowest BCUT2D eigenvalue weighted by Gasteiger charge is -2.07. The fourth-order valence-electron chi connectivity index (χ4n) is 1.96. The number of ether oxygens (including phenoxy) is 1. The first kappa shape index (κ1) is 15.1. The van der Waals surface area contributed by atoms with E-state index in [1.165, 1.54) is 0 Å². The summed E-state index contributed by atoms with van der Waals surface area (Å²) in [5.74, 6) is 0.253. The lowest BCUT2D eigenvalue weighted by molar-refractivity contribution is 0.102. The van der Waals surface area contributed by atoms with Crippen molar-refractivity contribution in [3.63, 3.8) is 0 Å². The van der Waals surface area contributed by atoms with Crippen molar-refractivity contribution in [2.75, 3.05) is 5.32 Å². The van der Waals surface area contributed by atoms with Crippen LogP contribution in [0, 0.1) is 6.92 Å². The molecule has 2 N–H and O–H groups in total. The zero-order chi connectivity index (χ0) is 16.2. The van der Waals surface area contributed by atoms with Gasteiger partial charge in [-0.1, -0.05) is 11.6 Å². The second-order valence-corrected chi connectivity index (χ2v) is 5.16. The highest BCUT2D eigenvalue weighted by Crippen LogP contribution is 2.22. The SMILES string of the molecule is Cc1[nH]nc(C(=O)Nc2ccc(C3=CN=CC=CO3)cc2)c1Cl. The molecule has 6 nitrogen and oxygen atoms in total. The number of H-pyrrole nitrogens is 1. The molecular formula is C16H13ClN4O2. The van der Waals surface area contributed by atoms with Crippen molar-refractivity contribution in [3.05, 3.63) is 64.8 Å². The number of aromatic nitrogens is 2. The molecule has 0 saturated carbocycles. The van der Waals surface area contributed by atoms with Crippen molar-refractivity contribution in [1.82, 2.24) is 10.2 Å². The van der Waals surface area contributed by atoms with Crippen LogP contribution in [0.15, 0.2) is 47.8 Å². The van der Waals surface area contributed by atoms with E-state index in [4.69, 9.17) is 16.3 Å². The van der Waals surface area contributed by atoms with Gasteiger partial charge in [-0.05, 0) is 37.3 Å². The number of hydrogen-bond acceptors (Lipinski definition) is 4. The van der Waals surface area contributed by atoms with E-state index in [0.717, 1.165) is 5.56 Å². The van der Waals surface area contributed by atoms with E-state index in [0.29, 0.717) is 22.2 Å². The van der Waals surface area contributed by atoms with Crippen LogP contribution in [-0.4, -0.2) is 22.3 Å². The number of nitrogens with one attached hydrogen (secondary N) is 2. The third-order valence-corrected chi connectivity index (χ3v) is 3.61. The predicted molar refractivity (Wildman–Crippen MR) is 89.4 cm³/mol. The van der Waals surface area contributed by atoms with E-state index < -0.39 is 0 Å². The largest absolute Gasteiger partial charge is 0.463 e. The molecule has 0 aliphatic carbocycles. The number of allylic oxidation sites excluding steroid dienone is 1. The molecule has 1 aromatic carbocycles. The molecule has 7 heteroatoms. The summed E-state index contributed by atoms with van der Waals surface area (Å²) >= 11 is 6.01. The first-order chi connectivity index (χ1) is 11.1. The van der Waals surface area contributed by atoms with Gasteiger partial charge in [0.2, 0.25) is 0 Å². The maximum atomic E-state index is 12.1. The summed E-state index contributed by atoms with van der Waals surface area (Å²) in [5.41, 5.74) is 2.30. The lowest BCUT2D eigenvalue weighted by atomic mass is 10.1. The van der Waals surface area contributed by atoms with E-state index in [-0.39, 0.29) is 11.6 Å². The fourth-order valence-corrected chi connectivity index (χ4v) is 2.13. The van der Waals surface area contributed by atoms with Crippen LogP contribution in [0.4, 0.5) is 5.69 Å². The maximum Gasteiger partial charge on any atom is 0.277 e. The molecule has 1 aromatic heterocycles. The molecule has 2 heterocycles. The van der Waals surface area contributed by atoms with Crippen molar-refractivity contribution in [1.29, 1.82) is 0 Å². The van der Waals surface area contributed by atoms with Gasteiger partial charge in [-0.2, -0.15) is 5.10 Å². The number of anilines is 1. The van der Waals surface area contributed by atoms with Gasteiger partial charge < -0.3 is 10.1 Å². The Morgan fingerprint density at radius 3 is 2.78 bits per heavy atom. The number of halogens is 1. The van der Waals surface area contributed by atoms with Crippen LogP contribution in [0.1, 0.15) is 21.7 Å². The molecule has 1 aliphatic rings. The highest BCUT2D eigenvalue weighted by molar-refractivity contribution is 6.34. The molecule has 116 valence electrons. The smallest absolute Gasteiger partial charge is 0.277 e. The summed E-state index contributed by atoms with van der Waals surface area (Å²) in [4.78, 5) is 16.2. The number of amides is 1. The predicted octanol–water partition coefficient (Wildman–Crippen LogP) is 3.54. The number of carbonyl (C=O) groups excluding carboxylic acids is 1. The molecule has 1 amide bonds. The minimum Gasteiger partial charge on any atom is -0.463 e. The topological polar surface area (TPSA) is 79.4 Å². The van der Waals surface area contributed by atoms with Crippen LogP contribution in [-0.2, 0) is 4.74 Å². The fraction of sp³-hybridized carbons (Fsp3) is 0.0625. The first-order valence-corrected chi connectivity index (χ1v) is 7.20. The second kappa shape index (κ2) is 6.50. The van der Waals surface area contributed by atoms with Gasteiger partial charge in [-0.15, -0.1) is 0 Å². The van der Waals surface area contributed by atoms with Crippen LogP contribution < -0.4 is 5.32 Å². The monoisotopic (exact) mass is 328 g/mol. The summed E-state index contributed by atoms with van der Waals surface area (Å²) in [5, 5.41) is 9.63. The van der Waals surface area contributed by atoms with Crippen molar-refractivity contribution in [2.24, 2.45) is 4.99 Å². The minimum absolute atomic E-state index is 0.169. The van der Waals surface area contributed by atoms with Crippen molar-refractivity contribution in [2.45, 2.75) is 6.92 Å². The summed E-state index contributed by atoms with van der Waals surface area (Å²) in [6, 6.07) is 7.19. The zero-order valence-corrected chi connectivity index (χ0v) is 13.0. The Morgan fingerprint density at radius 2 is 2.09 bits per heavy atom. The van der Waals surface area contributed by atoms with Crippen LogP contribution >= 0.6 is 11.6 Å². The van der Waals surface area contributed by atoms with Gasteiger partial charge in [-0.3, -0.25) is 14.9 Å². The molecule has 0 atom stereocenters. The number of benzene rings is 1. The summed E-state index contributed by atoms with van der Waals surface area (Å²) in [6.07, 6.45) is 6.52. The Kier molecular flexibility index (Phi) is 4.25. The van der Waals surface area contributed by atoms with Gasteiger partial charge in [-0.25, -0.2) is 0 Å². The van der Waals surface area contributed by atoms with E-state index in [1.807, 2.05) is 12.1 Å². The van der Waals surface area contributed by atoms with E-state index in [1.54, 1.807) is 43.8 Å². The average molecular weight is 329 g/mol. The van der Waals surface area contributed by atoms with Gasteiger partial charge in [0.05, 0.1) is 23.2 Å². The molecule has 23 heavy (non-hydrogen) atoms. The number of nitrogens with zero attached hydrogens (tertiary/aromatic N) is 2. The standard InChI is InChI=1S/C16H13ClN4O2/c1-10-14(17)15(21-20-10)16(22)19-12-5-3-11(4-6-12)13-9-18-7-2-8-23-13/h2-9H,1H3,(H,19,22)(H,20,21). The Labute approximate surface area is 137 Å². The summed E-state index contributed by atoms with van der Waals surface area (Å²) < 4.78 is 5.43. The number of aliphatic imine (C=N–C) groups is 1. The molecular weight excluding hydrogens is 316 g/mol. The molecule has 0 radical (unpaired) electrons. The lowest BCUT2D eigenvalue weighted by Crippen LogP contribution is -2.12. The molecule has 3 rings (SSSR count). The van der Waals surface area contributed by atoms with Crippen molar-refractivity contribution in [3.8, 4) is 0 Å². The summed E-state index contributed by atoms with van der Waals surface area (Å²) in [6.45, 7) is 1.75. The zero-order valence-electron chi connectivity index (χ0n) is 12.2. The van der Waals surface area contributed by atoms with E-state index in [9.17, 15) is 4.79 Å². The average Bonchev–Trinajstić information content (AvgIpc) is 2.77. The van der Waals surface area contributed by atoms with Crippen LogP contribution in [0.3, 0.4) is 0 Å². The summed E-state index contributed by atoms with van der Waals surface area (Å²) in [7, 11) is 0. The number of aromatic amines is 1. The third kappa shape index (κ3) is 3.32. The molecule has 0 spiro atoms. The third-order valence-electron chi connectivity index (χ3n) is 3.15. The number of rotatable bonds is 3. The minimum atomic E-state index is -0.371. The number of hydrogen-bond donors (Lipinski definition) is 2. The Hall–Kier alpha value is -2.86. The molecule has 0 saturated heterocycles. The Bertz CT molecular complexity index is 819. The van der Waals surface area contributed by atoms with Gasteiger partial charge in [0, 0.05) is 17.5 Å². The van der Waals surface area contributed by atoms with Crippen molar-refractivity contribution >= 4 is 35.2 Å². The van der Waals surface area contributed by atoms with Crippen LogP contribution in [0.2, 0.25) is 5.02 Å². The van der Waals surface area contributed by atoms with Crippen molar-refractivity contribution < 1.29 is 9.53 Å². The van der Waals surface area contributed by atoms with E-state index >= 15 is 0 Å². The number of aryl methyl sites for hydroxylation is 1. The normalized spacial score (nSPS) is 13.2. The Morgan fingerprint density at radius 1 is 1.30 bits per heavy atom. The molecule has 0 unspecified atom stereocenters. The quantitative estimate of drug-likeness (QED) is 0.904. The molecule has 0 fully saturated rings. The van der Waals surface area contributed by atoms with Gasteiger partial charge in [0.15, 0.2) is 11.5 Å². The van der Waals surface area contributed by atoms with Gasteiger partial charge in [0.25, 0.3) is 5.91 Å². The van der Waals surface area contributed by atoms with Crippen LogP contribution in [0.25, 0.3) is 5.76 Å². The second-order valence-electron chi connectivity index (χ2n) is 4.78. The first-order valence-electron chi connectivity index (χ1n) is 6.82. The molecule has 2 aromatic rings. The highest BCUT2D eigenvalue weighted by atomic mass is 35.5. The van der Waals surface area contributed by atoms with Crippen LogP contribution in [0.5, 0.6) is 0 Å². The van der Waals surface area contributed by atoms with E-state index in [2.05, 4.69) is 20.5 Å². The molecule has 1 aliphatic heterocycles. The Balaban J connectivity index is 1.74. The molecule has 0 bridgehead atoms. The highest BCUT2D eigenvalue weighted by Gasteiger charge is 2.16. The van der Waals surface area contributed by atoms with Gasteiger partial charge in [0.1, 0.15) is 0 Å². The van der Waals surface area contributed by atoms with Gasteiger partial charge >= 0.3 is 0 Å².